The molecule has 120 valence electrons. The largest absolute Gasteiger partial charge is 0.311 e. The summed E-state index contributed by atoms with van der Waals surface area (Å²) in [5.74, 6) is 0. The lowest BCUT2D eigenvalue weighted by molar-refractivity contribution is 0.469. The van der Waals surface area contributed by atoms with Gasteiger partial charge < -0.3 is 3.87 Å². The van der Waals surface area contributed by atoms with Crippen molar-refractivity contribution in [3.63, 3.8) is 0 Å². The van der Waals surface area contributed by atoms with Gasteiger partial charge in [-0.15, -0.1) is 0 Å². The summed E-state index contributed by atoms with van der Waals surface area (Å²) in [6.07, 6.45) is 2.95. The highest BCUT2D eigenvalue weighted by Crippen LogP contribution is 2.31. The zero-order valence-electron chi connectivity index (χ0n) is 13.7. The predicted molar refractivity (Wildman–Crippen MR) is 90.5 cm³/mol. The molecule has 0 fully saturated rings. The van der Waals surface area contributed by atoms with Crippen LogP contribution in [0.1, 0.15) is 45.6 Å². The summed E-state index contributed by atoms with van der Waals surface area (Å²) in [4.78, 5) is 0.285. The Labute approximate surface area is 131 Å². The van der Waals surface area contributed by atoms with E-state index in [1.54, 1.807) is 12.1 Å². The average molecular weight is 329 g/mol. The van der Waals surface area contributed by atoms with Crippen LogP contribution in [-0.2, 0) is 14.0 Å². The van der Waals surface area contributed by atoms with E-state index < -0.39 is 18.4 Å². The fourth-order valence-electron chi connectivity index (χ4n) is 2.85. The summed E-state index contributed by atoms with van der Waals surface area (Å²) in [7, 11) is -5.85. The van der Waals surface area contributed by atoms with E-state index in [4.69, 9.17) is 3.87 Å². The van der Waals surface area contributed by atoms with Crippen LogP contribution in [-0.4, -0.2) is 16.7 Å². The Balaban J connectivity index is 3.07. The predicted octanol–water partition coefficient (Wildman–Crippen LogP) is 4.88. The first-order chi connectivity index (χ1) is 9.89. The molecule has 0 spiro atoms. The molecule has 0 aromatic heterocycles. The highest BCUT2D eigenvalue weighted by Gasteiger charge is 2.38. The zero-order chi connectivity index (χ0) is 15.9. The molecular formula is C16H28O3SSi. The number of hydrogen-bond acceptors (Lipinski definition) is 3. The van der Waals surface area contributed by atoms with Crippen molar-refractivity contribution in [2.45, 2.75) is 70.0 Å². The van der Waals surface area contributed by atoms with Crippen LogP contribution in [0.25, 0.3) is 0 Å². The minimum absolute atomic E-state index is 0.285. The van der Waals surface area contributed by atoms with Crippen molar-refractivity contribution in [1.29, 1.82) is 0 Å². The second-order valence-corrected chi connectivity index (χ2v) is 11.7. The molecule has 3 nitrogen and oxygen atoms in total. The normalized spacial score (nSPS) is 12.6. The van der Waals surface area contributed by atoms with Crippen molar-refractivity contribution in [2.75, 3.05) is 0 Å². The highest BCUT2D eigenvalue weighted by molar-refractivity contribution is 7.87. The number of rotatable bonds is 9. The van der Waals surface area contributed by atoms with Crippen LogP contribution in [0.5, 0.6) is 0 Å². The van der Waals surface area contributed by atoms with Crippen molar-refractivity contribution in [1.82, 2.24) is 0 Å². The van der Waals surface area contributed by atoms with Gasteiger partial charge in [-0.1, -0.05) is 57.7 Å². The third-order valence-electron chi connectivity index (χ3n) is 3.71. The Bertz CT molecular complexity index is 506. The quantitative estimate of drug-likeness (QED) is 0.607. The first-order valence-electron chi connectivity index (χ1n) is 7.91. The molecule has 0 saturated carbocycles. The van der Waals surface area contributed by atoms with Crippen LogP contribution in [0.3, 0.4) is 0 Å². The third kappa shape index (κ3) is 5.24. The Morgan fingerprint density at radius 3 is 1.71 bits per heavy atom. The SMILES string of the molecule is CCC[Si](CCC)(CCC)OS(=O)(=O)c1ccc(C)cc1. The Kier molecular flexibility index (Phi) is 7.10. The van der Waals surface area contributed by atoms with Gasteiger partial charge in [-0.05, 0) is 37.2 Å². The molecule has 0 N–H and O–H groups in total. The molecule has 0 bridgehead atoms. The standard InChI is InChI=1S/C16H28O3SSi/c1-5-12-21(13-6-2,14-7-3)19-20(17,18)16-10-8-15(4)9-11-16/h8-11H,5-7,12-14H2,1-4H3. The number of aryl methyl sites for hydroxylation is 1. The van der Waals surface area contributed by atoms with E-state index >= 15 is 0 Å². The molecule has 0 amide bonds. The van der Waals surface area contributed by atoms with Gasteiger partial charge in [0.15, 0.2) is 0 Å². The summed E-state index contributed by atoms with van der Waals surface area (Å²) < 4.78 is 31.1. The lowest BCUT2D eigenvalue weighted by atomic mass is 10.2. The van der Waals surface area contributed by atoms with E-state index in [-0.39, 0.29) is 4.90 Å². The van der Waals surface area contributed by atoms with Gasteiger partial charge in [0.25, 0.3) is 10.1 Å². The first-order valence-corrected chi connectivity index (χ1v) is 11.8. The van der Waals surface area contributed by atoms with E-state index in [1.807, 2.05) is 19.1 Å². The molecule has 1 aromatic carbocycles. The summed E-state index contributed by atoms with van der Waals surface area (Å²) in [6.45, 7) is 8.26. The topological polar surface area (TPSA) is 43.4 Å². The smallest absolute Gasteiger partial charge is 0.287 e. The van der Waals surface area contributed by atoms with Gasteiger partial charge in [0, 0.05) is 0 Å². The summed E-state index contributed by atoms with van der Waals surface area (Å²) in [5.41, 5.74) is 1.05. The van der Waals surface area contributed by atoms with Crippen molar-refractivity contribution < 1.29 is 12.3 Å². The monoisotopic (exact) mass is 328 g/mol. The first kappa shape index (κ1) is 18.4. The fraction of sp³-hybridized carbons (Fsp3) is 0.625. The van der Waals surface area contributed by atoms with Gasteiger partial charge in [0.2, 0.25) is 8.32 Å². The maximum atomic E-state index is 12.6. The third-order valence-corrected chi connectivity index (χ3v) is 11.1. The van der Waals surface area contributed by atoms with Crippen LogP contribution in [0, 0.1) is 6.92 Å². The van der Waals surface area contributed by atoms with Crippen molar-refractivity contribution >= 4 is 18.4 Å². The average Bonchev–Trinajstić information content (AvgIpc) is 2.39. The van der Waals surface area contributed by atoms with Gasteiger partial charge in [-0.3, -0.25) is 0 Å². The van der Waals surface area contributed by atoms with Crippen LogP contribution in [0.2, 0.25) is 18.1 Å². The van der Waals surface area contributed by atoms with Gasteiger partial charge in [-0.2, -0.15) is 8.42 Å². The molecule has 1 aromatic rings. The lowest BCUT2D eigenvalue weighted by Crippen LogP contribution is -2.40. The zero-order valence-corrected chi connectivity index (χ0v) is 15.5. The fourth-order valence-corrected chi connectivity index (χ4v) is 10.1. The molecular weight excluding hydrogens is 300 g/mol. The minimum Gasteiger partial charge on any atom is -0.311 e. The number of benzene rings is 1. The Morgan fingerprint density at radius 1 is 0.905 bits per heavy atom. The molecule has 0 atom stereocenters. The van der Waals surface area contributed by atoms with Crippen LogP contribution in [0.4, 0.5) is 0 Å². The van der Waals surface area contributed by atoms with E-state index in [9.17, 15) is 8.42 Å². The van der Waals surface area contributed by atoms with Crippen LogP contribution >= 0.6 is 0 Å². The highest BCUT2D eigenvalue weighted by atomic mass is 32.2. The Hall–Kier alpha value is -0.653. The summed E-state index contributed by atoms with van der Waals surface area (Å²) in [5, 5.41) is 0. The number of hydrogen-bond donors (Lipinski definition) is 0. The maximum absolute atomic E-state index is 12.6. The molecule has 0 heterocycles. The van der Waals surface area contributed by atoms with E-state index in [2.05, 4.69) is 20.8 Å². The molecule has 0 aliphatic carbocycles. The molecule has 0 aliphatic heterocycles. The molecule has 1 rings (SSSR count). The van der Waals surface area contributed by atoms with Crippen molar-refractivity contribution in [3.8, 4) is 0 Å². The summed E-state index contributed by atoms with van der Waals surface area (Å²) >= 11 is 0. The molecule has 5 heteroatoms. The second kappa shape index (κ2) is 8.10. The van der Waals surface area contributed by atoms with Crippen molar-refractivity contribution in [3.05, 3.63) is 29.8 Å². The molecule has 0 saturated heterocycles. The summed E-state index contributed by atoms with van der Waals surface area (Å²) in [6, 6.07) is 9.68. The molecule has 21 heavy (non-hydrogen) atoms. The van der Waals surface area contributed by atoms with E-state index in [0.29, 0.717) is 0 Å². The van der Waals surface area contributed by atoms with Gasteiger partial charge >= 0.3 is 0 Å². The van der Waals surface area contributed by atoms with E-state index in [1.165, 1.54) is 0 Å². The van der Waals surface area contributed by atoms with Gasteiger partial charge in [-0.25, -0.2) is 0 Å². The second-order valence-electron chi connectivity index (χ2n) is 5.78. The van der Waals surface area contributed by atoms with Crippen molar-refractivity contribution in [2.24, 2.45) is 0 Å². The van der Waals surface area contributed by atoms with Crippen LogP contribution < -0.4 is 0 Å². The van der Waals surface area contributed by atoms with E-state index in [0.717, 1.165) is 43.0 Å². The van der Waals surface area contributed by atoms with Gasteiger partial charge in [0.1, 0.15) is 0 Å². The minimum atomic E-state index is -3.64. The lowest BCUT2D eigenvalue weighted by Gasteiger charge is -2.30. The molecule has 0 aliphatic rings. The van der Waals surface area contributed by atoms with Gasteiger partial charge in [0.05, 0.1) is 4.90 Å². The van der Waals surface area contributed by atoms with Crippen LogP contribution in [0.15, 0.2) is 29.2 Å². The molecule has 0 radical (unpaired) electrons. The Morgan fingerprint density at radius 2 is 1.33 bits per heavy atom. The molecule has 0 unspecified atom stereocenters. The maximum Gasteiger partial charge on any atom is 0.287 e.